The van der Waals surface area contributed by atoms with E-state index in [-0.39, 0.29) is 35.2 Å². The summed E-state index contributed by atoms with van der Waals surface area (Å²) in [7, 11) is 0. The van der Waals surface area contributed by atoms with Crippen LogP contribution in [-0.2, 0) is 16.0 Å². The number of aromatic amines is 2. The van der Waals surface area contributed by atoms with Crippen LogP contribution in [0.15, 0.2) is 20.0 Å². The molecular weight excluding hydrogens is 800 g/mol. The monoisotopic (exact) mass is 828 g/mol. The smallest absolute Gasteiger partial charge is 0.338 e. The minimum Gasteiger partial charge on any atom is -0.481 e. The Morgan fingerprint density at radius 3 is 1.83 bits per heavy atom. The van der Waals surface area contributed by atoms with Gasteiger partial charge in [0, 0.05) is 17.5 Å². The van der Waals surface area contributed by atoms with Gasteiger partial charge < -0.3 is 25.3 Å². The van der Waals surface area contributed by atoms with E-state index in [0.717, 1.165) is 27.8 Å². The third kappa shape index (κ3) is 5.72. The molecule has 0 fully saturated rings. The largest absolute Gasteiger partial charge is 0.481 e. The molecule has 0 radical (unpaired) electrons. The number of aryl methyl sites for hydroxylation is 2. The summed E-state index contributed by atoms with van der Waals surface area (Å²) in [5, 5.41) is 30.2. The fourth-order valence-corrected chi connectivity index (χ4v) is 8.56. The second-order valence-electron chi connectivity index (χ2n) is 11.4. The second kappa shape index (κ2) is 13.0. The maximum atomic E-state index is 12.9. The number of aliphatic carboxylic acids is 2. The van der Waals surface area contributed by atoms with E-state index in [0.29, 0.717) is 64.7 Å². The van der Waals surface area contributed by atoms with Gasteiger partial charge in [-0.05, 0) is 122 Å². The molecule has 10 nitrogen and oxygen atoms in total. The lowest BCUT2D eigenvalue weighted by atomic mass is 9.96. The third-order valence-electron chi connectivity index (χ3n) is 8.74. The number of carboxylic acids is 3. The van der Waals surface area contributed by atoms with Crippen LogP contribution in [0.1, 0.15) is 95.4 Å². The number of rotatable bonds is 8. The molecule has 0 aliphatic carbocycles. The van der Waals surface area contributed by atoms with Crippen LogP contribution in [0.4, 0.5) is 0 Å². The van der Waals surface area contributed by atoms with Gasteiger partial charge in [0.15, 0.2) is 0 Å². The Balaban J connectivity index is 2.18. The summed E-state index contributed by atoms with van der Waals surface area (Å²) < 4.78 is 1.78. The van der Waals surface area contributed by atoms with Crippen LogP contribution in [0.5, 0.6) is 0 Å². The summed E-state index contributed by atoms with van der Waals surface area (Å²) in [6, 6.07) is 0. The van der Waals surface area contributed by atoms with E-state index in [1.807, 2.05) is 20.8 Å². The number of fused-ring (bicyclic) bond motifs is 8. The molecule has 47 heavy (non-hydrogen) atoms. The molecule has 0 unspecified atom stereocenters. The number of aromatic carboxylic acids is 1. The highest BCUT2D eigenvalue weighted by Crippen LogP contribution is 2.44. The zero-order valence-electron chi connectivity index (χ0n) is 26.2. The first-order chi connectivity index (χ1) is 22.1. The minimum atomic E-state index is -1.25. The van der Waals surface area contributed by atoms with E-state index < -0.39 is 24.3 Å². The Labute approximate surface area is 295 Å². The molecule has 5 rings (SSSR count). The Bertz CT molecular complexity index is 2190. The van der Waals surface area contributed by atoms with Crippen LogP contribution in [0.25, 0.3) is 50.4 Å². The molecule has 2 aliphatic rings. The average Bonchev–Trinajstić information content (AvgIpc) is 3.73. The lowest BCUT2D eigenvalue weighted by Gasteiger charge is -2.08. The van der Waals surface area contributed by atoms with Crippen LogP contribution >= 0.6 is 47.8 Å². The maximum Gasteiger partial charge on any atom is 0.338 e. The van der Waals surface area contributed by atoms with Crippen molar-refractivity contribution in [2.24, 2.45) is 0 Å². The lowest BCUT2D eigenvalue weighted by molar-refractivity contribution is -0.137. The summed E-state index contributed by atoms with van der Waals surface area (Å²) in [5.41, 5.74) is 9.03. The van der Waals surface area contributed by atoms with E-state index in [1.54, 1.807) is 19.9 Å². The van der Waals surface area contributed by atoms with E-state index in [1.165, 1.54) is 0 Å². The van der Waals surface area contributed by atoms with Crippen molar-refractivity contribution >= 4 is 116 Å². The zero-order chi connectivity index (χ0) is 34.6. The topological polar surface area (TPSA) is 169 Å². The SMILES string of the molecule is C=Cc1c(C)c2[nH]c1c(Br)c1nc(c(Br)c3[nH]c(c(CC(=O)O)c4nc(c2Br)C(C)=C4CCC(=O)O)c(C(=O)O)c3C)C(CC)=C1C. The van der Waals surface area contributed by atoms with Gasteiger partial charge in [0.05, 0.1) is 70.2 Å². The van der Waals surface area contributed by atoms with Gasteiger partial charge in [-0.25, -0.2) is 14.8 Å². The van der Waals surface area contributed by atoms with Crippen LogP contribution in [0.3, 0.4) is 0 Å². The van der Waals surface area contributed by atoms with Gasteiger partial charge >= 0.3 is 17.9 Å². The molecule has 2 aliphatic heterocycles. The van der Waals surface area contributed by atoms with Crippen molar-refractivity contribution in [3.05, 3.63) is 70.6 Å². The molecule has 5 N–H and O–H groups in total. The highest BCUT2D eigenvalue weighted by molar-refractivity contribution is 9.11. The van der Waals surface area contributed by atoms with Gasteiger partial charge in [0.2, 0.25) is 0 Å². The van der Waals surface area contributed by atoms with E-state index in [9.17, 15) is 29.7 Å². The van der Waals surface area contributed by atoms with Crippen molar-refractivity contribution in [2.45, 2.75) is 60.3 Å². The molecule has 0 saturated heterocycles. The van der Waals surface area contributed by atoms with Crippen molar-refractivity contribution in [3.63, 3.8) is 0 Å². The number of hydrogen-bond acceptors (Lipinski definition) is 5. The van der Waals surface area contributed by atoms with E-state index in [2.05, 4.69) is 64.3 Å². The Morgan fingerprint density at radius 1 is 0.745 bits per heavy atom. The highest BCUT2D eigenvalue weighted by Gasteiger charge is 2.29. The quantitative estimate of drug-likeness (QED) is 0.150. The zero-order valence-corrected chi connectivity index (χ0v) is 31.0. The van der Waals surface area contributed by atoms with E-state index in [4.69, 9.17) is 9.97 Å². The van der Waals surface area contributed by atoms with Crippen LogP contribution in [0, 0.1) is 13.8 Å². The molecule has 0 spiro atoms. The number of carbonyl (C=O) groups is 3. The first-order valence-corrected chi connectivity index (χ1v) is 17.0. The van der Waals surface area contributed by atoms with Crippen LogP contribution in [0.2, 0.25) is 0 Å². The predicted molar refractivity (Wildman–Crippen MR) is 194 cm³/mol. The summed E-state index contributed by atoms with van der Waals surface area (Å²) >= 11 is 11.3. The molecule has 0 saturated carbocycles. The summed E-state index contributed by atoms with van der Waals surface area (Å²) in [4.78, 5) is 53.7. The normalized spacial score (nSPS) is 13.0. The molecule has 0 aromatic carbocycles. The second-order valence-corrected chi connectivity index (χ2v) is 13.7. The highest BCUT2D eigenvalue weighted by atomic mass is 79.9. The van der Waals surface area contributed by atoms with Crippen molar-refractivity contribution < 1.29 is 29.7 Å². The molecule has 3 aromatic rings. The predicted octanol–water partition coefficient (Wildman–Crippen LogP) is 9.32. The first kappa shape index (κ1) is 34.5. The number of halogens is 3. The standard InChI is InChI=1S/C34H31Br3N4O6/c1-7-16-12(3)26-23(35)28-14(5)18(9-10-20(42)43)30(38-28)19(11-21(44)45)31-22(34(46)47)15(6)29(39-31)25(37)33-17(8-2)13(4)27(41-33)24(36)32(16)40-26/h7,39-40H,1,8-11H2,2-6H3,(H,42,43)(H,44,45)(H,46,47). The van der Waals surface area contributed by atoms with Gasteiger partial charge in [-0.15, -0.1) is 0 Å². The number of nitrogens with one attached hydrogen (secondary N) is 2. The van der Waals surface area contributed by atoms with Crippen molar-refractivity contribution in [1.29, 1.82) is 0 Å². The van der Waals surface area contributed by atoms with Gasteiger partial charge in [0.1, 0.15) is 0 Å². The van der Waals surface area contributed by atoms with Gasteiger partial charge in [0.25, 0.3) is 0 Å². The van der Waals surface area contributed by atoms with Gasteiger partial charge in [-0.3, -0.25) is 9.59 Å². The fourth-order valence-electron chi connectivity index (χ4n) is 6.36. The minimum absolute atomic E-state index is 0.0446. The Hall–Kier alpha value is -3.81. The van der Waals surface area contributed by atoms with Crippen molar-refractivity contribution in [1.82, 2.24) is 19.9 Å². The van der Waals surface area contributed by atoms with Crippen LogP contribution < -0.4 is 0 Å². The molecular formula is C34H31Br3N4O6. The van der Waals surface area contributed by atoms with Crippen LogP contribution in [-0.4, -0.2) is 53.2 Å². The molecule has 3 aromatic heterocycles. The Kier molecular flexibility index (Phi) is 9.55. The summed E-state index contributed by atoms with van der Waals surface area (Å²) in [5.74, 6) is -3.50. The number of allylic oxidation sites excluding steroid dienone is 4. The summed E-state index contributed by atoms with van der Waals surface area (Å²) in [6.07, 6.45) is 1.62. The number of aromatic nitrogens is 4. The van der Waals surface area contributed by atoms with Crippen molar-refractivity contribution in [2.75, 3.05) is 0 Å². The average molecular weight is 831 g/mol. The third-order valence-corrected chi connectivity index (χ3v) is 11.1. The number of H-pyrrole nitrogens is 2. The van der Waals surface area contributed by atoms with Gasteiger partial charge in [-0.1, -0.05) is 19.6 Å². The van der Waals surface area contributed by atoms with E-state index >= 15 is 0 Å². The van der Waals surface area contributed by atoms with Gasteiger partial charge in [-0.2, -0.15) is 0 Å². The molecule has 244 valence electrons. The molecule has 13 heteroatoms. The fraction of sp³-hybridized carbons (Fsp3) is 0.265. The number of carboxylic acid groups (broad SMARTS) is 3. The summed E-state index contributed by atoms with van der Waals surface area (Å²) in [6.45, 7) is 13.4. The molecule has 0 amide bonds. The molecule has 5 heterocycles. The first-order valence-electron chi connectivity index (χ1n) is 14.7. The lowest BCUT2D eigenvalue weighted by Crippen LogP contribution is -2.07. The molecule has 8 bridgehead atoms. The maximum absolute atomic E-state index is 12.9. The number of hydrogen-bond donors (Lipinski definition) is 5. The Morgan fingerprint density at radius 2 is 1.28 bits per heavy atom. The van der Waals surface area contributed by atoms with Crippen molar-refractivity contribution in [3.8, 4) is 0 Å². The molecule has 0 atom stereocenters. The number of nitrogens with zero attached hydrogens (tertiary/aromatic N) is 2.